The molecule has 2 N–H and O–H groups in total. The molecular weight excluding hydrogens is 271 g/mol. The number of benzene rings is 2. The smallest absolute Gasteiger partial charge is 0.125 e. The van der Waals surface area contributed by atoms with Gasteiger partial charge < -0.3 is 10.6 Å². The number of hydrogen-bond acceptors (Lipinski definition) is 2. The molecule has 2 aromatic carbocycles. The molecule has 20 heavy (non-hydrogen) atoms. The highest BCUT2D eigenvalue weighted by atomic mass is 32.1. The van der Waals surface area contributed by atoms with E-state index in [0.717, 1.165) is 41.0 Å². The normalized spacial score (nSPS) is 13.4. The van der Waals surface area contributed by atoms with Crippen molar-refractivity contribution in [2.24, 2.45) is 5.73 Å². The highest BCUT2D eigenvalue weighted by Gasteiger charge is 2.23. The van der Waals surface area contributed by atoms with E-state index in [9.17, 15) is 4.39 Å². The van der Waals surface area contributed by atoms with E-state index in [1.807, 2.05) is 25.1 Å². The number of rotatable bonds is 2. The molecule has 0 spiro atoms. The minimum Gasteiger partial charge on any atom is -0.389 e. The van der Waals surface area contributed by atoms with Gasteiger partial charge >= 0.3 is 0 Å². The van der Waals surface area contributed by atoms with Crippen LogP contribution in [-0.2, 0) is 6.42 Å². The van der Waals surface area contributed by atoms with Crippen molar-refractivity contribution < 1.29 is 4.39 Å². The zero-order valence-corrected chi connectivity index (χ0v) is 12.0. The molecule has 0 atom stereocenters. The second-order valence-electron chi connectivity index (χ2n) is 5.06. The lowest BCUT2D eigenvalue weighted by Gasteiger charge is -2.23. The standard InChI is InChI=1S/C16H15FN2S/c1-10-2-5-13(16(18)20)15(8-10)19-7-6-11-3-4-12(17)9-14(11)19/h2-5,8-9H,6-7H2,1H3,(H2,18,20). The summed E-state index contributed by atoms with van der Waals surface area (Å²) in [6.45, 7) is 2.84. The van der Waals surface area contributed by atoms with Gasteiger partial charge in [-0.25, -0.2) is 4.39 Å². The maximum atomic E-state index is 13.5. The molecule has 1 aliphatic rings. The maximum Gasteiger partial charge on any atom is 0.125 e. The van der Waals surface area contributed by atoms with Gasteiger partial charge in [-0.2, -0.15) is 0 Å². The monoisotopic (exact) mass is 286 g/mol. The molecule has 0 fully saturated rings. The van der Waals surface area contributed by atoms with E-state index >= 15 is 0 Å². The van der Waals surface area contributed by atoms with Crippen LogP contribution in [0.5, 0.6) is 0 Å². The van der Waals surface area contributed by atoms with Crippen molar-refractivity contribution in [3.8, 4) is 0 Å². The van der Waals surface area contributed by atoms with E-state index in [4.69, 9.17) is 18.0 Å². The summed E-state index contributed by atoms with van der Waals surface area (Å²) in [6, 6.07) is 10.9. The first-order valence-corrected chi connectivity index (χ1v) is 6.93. The topological polar surface area (TPSA) is 29.3 Å². The number of nitrogens with two attached hydrogens (primary N) is 1. The lowest BCUT2D eigenvalue weighted by atomic mass is 10.1. The van der Waals surface area contributed by atoms with Crippen LogP contribution < -0.4 is 10.6 Å². The van der Waals surface area contributed by atoms with E-state index in [1.54, 1.807) is 6.07 Å². The summed E-state index contributed by atoms with van der Waals surface area (Å²) >= 11 is 5.13. The molecule has 3 rings (SSSR count). The average Bonchev–Trinajstić information content (AvgIpc) is 2.81. The number of nitrogens with zero attached hydrogens (tertiary/aromatic N) is 1. The lowest BCUT2D eigenvalue weighted by Crippen LogP contribution is -2.20. The van der Waals surface area contributed by atoms with Crippen molar-refractivity contribution in [3.05, 3.63) is 58.9 Å². The van der Waals surface area contributed by atoms with Gasteiger partial charge in [0.15, 0.2) is 0 Å². The summed E-state index contributed by atoms with van der Waals surface area (Å²) in [5.41, 5.74) is 10.8. The Kier molecular flexibility index (Phi) is 3.18. The second kappa shape index (κ2) is 4.87. The van der Waals surface area contributed by atoms with Crippen LogP contribution in [0.25, 0.3) is 0 Å². The van der Waals surface area contributed by atoms with Crippen molar-refractivity contribution in [1.29, 1.82) is 0 Å². The van der Waals surface area contributed by atoms with Gasteiger partial charge in [0.2, 0.25) is 0 Å². The Balaban J connectivity index is 2.14. The number of anilines is 2. The largest absolute Gasteiger partial charge is 0.389 e. The minimum absolute atomic E-state index is 0.222. The number of aryl methyl sites for hydroxylation is 1. The molecule has 1 heterocycles. The van der Waals surface area contributed by atoms with Gasteiger partial charge in [-0.15, -0.1) is 0 Å². The summed E-state index contributed by atoms with van der Waals surface area (Å²) < 4.78 is 13.5. The first kappa shape index (κ1) is 13.1. The minimum atomic E-state index is -0.222. The summed E-state index contributed by atoms with van der Waals surface area (Å²) in [6.07, 6.45) is 0.903. The first-order valence-electron chi connectivity index (χ1n) is 6.52. The molecule has 0 radical (unpaired) electrons. The lowest BCUT2D eigenvalue weighted by molar-refractivity contribution is 0.628. The van der Waals surface area contributed by atoms with Crippen molar-refractivity contribution in [3.63, 3.8) is 0 Å². The van der Waals surface area contributed by atoms with Crippen molar-refractivity contribution in [1.82, 2.24) is 0 Å². The van der Waals surface area contributed by atoms with E-state index in [2.05, 4.69) is 11.0 Å². The van der Waals surface area contributed by atoms with Crippen LogP contribution in [0.3, 0.4) is 0 Å². The van der Waals surface area contributed by atoms with Gasteiger partial charge in [-0.1, -0.05) is 24.4 Å². The fourth-order valence-electron chi connectivity index (χ4n) is 2.68. The van der Waals surface area contributed by atoms with Crippen LogP contribution >= 0.6 is 12.2 Å². The van der Waals surface area contributed by atoms with E-state index in [0.29, 0.717) is 4.99 Å². The van der Waals surface area contributed by atoms with Crippen molar-refractivity contribution >= 4 is 28.6 Å². The van der Waals surface area contributed by atoms with Gasteiger partial charge in [0.05, 0.1) is 5.69 Å². The Hall–Kier alpha value is -1.94. The first-order chi connectivity index (χ1) is 9.56. The summed E-state index contributed by atoms with van der Waals surface area (Å²) in [5, 5.41) is 0. The maximum absolute atomic E-state index is 13.5. The third-order valence-corrected chi connectivity index (χ3v) is 3.87. The van der Waals surface area contributed by atoms with Crippen LogP contribution in [0.4, 0.5) is 15.8 Å². The highest BCUT2D eigenvalue weighted by Crippen LogP contribution is 2.37. The van der Waals surface area contributed by atoms with Gasteiger partial charge in [-0.3, -0.25) is 0 Å². The molecule has 0 saturated heterocycles. The molecule has 2 aromatic rings. The van der Waals surface area contributed by atoms with Gasteiger partial charge in [0.1, 0.15) is 10.8 Å². The van der Waals surface area contributed by atoms with Crippen LogP contribution in [0.2, 0.25) is 0 Å². The second-order valence-corrected chi connectivity index (χ2v) is 5.50. The summed E-state index contributed by atoms with van der Waals surface area (Å²) in [5.74, 6) is -0.222. The summed E-state index contributed by atoms with van der Waals surface area (Å²) in [7, 11) is 0. The molecule has 0 aromatic heterocycles. The number of halogens is 1. The van der Waals surface area contributed by atoms with Crippen molar-refractivity contribution in [2.75, 3.05) is 11.4 Å². The van der Waals surface area contributed by atoms with E-state index in [1.165, 1.54) is 6.07 Å². The number of hydrogen-bond donors (Lipinski definition) is 1. The van der Waals surface area contributed by atoms with Crippen molar-refractivity contribution in [2.45, 2.75) is 13.3 Å². The predicted octanol–water partition coefficient (Wildman–Crippen LogP) is 3.46. The van der Waals surface area contributed by atoms with Crippen LogP contribution in [0.15, 0.2) is 36.4 Å². The molecular formula is C16H15FN2S. The molecule has 1 aliphatic heterocycles. The third-order valence-electron chi connectivity index (χ3n) is 3.65. The third kappa shape index (κ3) is 2.16. The predicted molar refractivity (Wildman–Crippen MR) is 84.2 cm³/mol. The van der Waals surface area contributed by atoms with Crippen LogP contribution in [0.1, 0.15) is 16.7 Å². The quantitative estimate of drug-likeness (QED) is 0.857. The molecule has 0 saturated carbocycles. The van der Waals surface area contributed by atoms with Gasteiger partial charge in [0.25, 0.3) is 0 Å². The Labute approximate surface area is 123 Å². The SMILES string of the molecule is Cc1ccc(C(N)=S)c(N2CCc3ccc(F)cc32)c1. The molecule has 2 nitrogen and oxygen atoms in total. The van der Waals surface area contributed by atoms with Gasteiger partial charge in [-0.05, 0) is 48.7 Å². The van der Waals surface area contributed by atoms with Crippen LogP contribution in [0, 0.1) is 12.7 Å². The van der Waals surface area contributed by atoms with Gasteiger partial charge in [0, 0.05) is 17.8 Å². The van der Waals surface area contributed by atoms with E-state index in [-0.39, 0.29) is 5.82 Å². The Bertz CT molecular complexity index is 697. The highest BCUT2D eigenvalue weighted by molar-refractivity contribution is 7.80. The molecule has 0 aliphatic carbocycles. The van der Waals surface area contributed by atoms with Crippen LogP contribution in [-0.4, -0.2) is 11.5 Å². The number of thiocarbonyl (C=S) groups is 1. The molecule has 0 amide bonds. The fourth-order valence-corrected chi connectivity index (χ4v) is 2.85. The van der Waals surface area contributed by atoms with E-state index < -0.39 is 0 Å². The average molecular weight is 286 g/mol. The zero-order valence-electron chi connectivity index (χ0n) is 11.2. The summed E-state index contributed by atoms with van der Waals surface area (Å²) in [4.78, 5) is 2.46. The Morgan fingerprint density at radius 2 is 2.00 bits per heavy atom. The molecule has 4 heteroatoms. The molecule has 102 valence electrons. The zero-order chi connectivity index (χ0) is 14.3. The molecule has 0 bridgehead atoms. The Morgan fingerprint density at radius 1 is 1.20 bits per heavy atom. The fraction of sp³-hybridized carbons (Fsp3) is 0.188. The molecule has 0 unspecified atom stereocenters. The number of fused-ring (bicyclic) bond motifs is 1. The Morgan fingerprint density at radius 3 is 2.75 bits per heavy atom.